The number of benzene rings is 5. The Kier molecular flexibility index (Phi) is 11.0. The summed E-state index contributed by atoms with van der Waals surface area (Å²) in [5.41, 5.74) is 13.0. The van der Waals surface area contributed by atoms with E-state index in [1.54, 1.807) is 0 Å². The average Bonchev–Trinajstić information content (AvgIpc) is 4.20. The smallest absolute Gasteiger partial charge is 0.340 e. The number of ether oxygens (including phenoxy) is 1. The van der Waals surface area contributed by atoms with E-state index in [0.717, 1.165) is 110 Å². The lowest BCUT2D eigenvalue weighted by Crippen LogP contribution is -2.23. The average molecular weight is 836 g/mol. The van der Waals surface area contributed by atoms with Crippen LogP contribution in [0.3, 0.4) is 0 Å². The van der Waals surface area contributed by atoms with Crippen LogP contribution in [0, 0.1) is 0 Å². The van der Waals surface area contributed by atoms with Crippen LogP contribution < -0.4 is 24.5 Å². The molecule has 0 unspecified atom stereocenters. The predicted molar refractivity (Wildman–Crippen MR) is 261 cm³/mol. The summed E-state index contributed by atoms with van der Waals surface area (Å²) in [4.78, 5) is 27.0. The van der Waals surface area contributed by atoms with Crippen molar-refractivity contribution in [2.45, 2.75) is 69.8 Å². The summed E-state index contributed by atoms with van der Waals surface area (Å²) in [6, 6.07) is 42.9. The number of rotatable bonds is 11. The van der Waals surface area contributed by atoms with E-state index in [0.29, 0.717) is 5.56 Å². The first-order valence-corrected chi connectivity index (χ1v) is 24.1. The molecule has 0 radical (unpaired) electrons. The van der Waals surface area contributed by atoms with Crippen molar-refractivity contribution in [3.63, 3.8) is 0 Å². The third-order valence-electron chi connectivity index (χ3n) is 14.7. The van der Waals surface area contributed by atoms with Crippen molar-refractivity contribution in [3.05, 3.63) is 161 Å². The molecule has 0 spiro atoms. The first-order valence-electron chi connectivity index (χ1n) is 24.1. The Balaban J connectivity index is 1.10. The molecule has 6 aliphatic rings. The van der Waals surface area contributed by atoms with Crippen LogP contribution >= 0.6 is 0 Å². The molecule has 0 saturated carbocycles. The Labute approximate surface area is 374 Å². The normalized spacial score (nSPS) is 19.2. The number of nitrogens with zero attached hydrogens (tertiary/aromatic N) is 5. The molecule has 63 heavy (non-hydrogen) atoms. The minimum absolute atomic E-state index is 0.278. The second kappa shape index (κ2) is 17.3. The van der Waals surface area contributed by atoms with Gasteiger partial charge in [0, 0.05) is 99.4 Å². The number of carbonyl (C=O) groups is 1. The maximum atomic E-state index is 14.6. The van der Waals surface area contributed by atoms with Gasteiger partial charge >= 0.3 is 5.97 Å². The van der Waals surface area contributed by atoms with Gasteiger partial charge in [0.15, 0.2) is 5.60 Å². The van der Waals surface area contributed by atoms with Crippen molar-refractivity contribution < 1.29 is 9.53 Å². The quantitative estimate of drug-likeness (QED) is 0.123. The van der Waals surface area contributed by atoms with Gasteiger partial charge in [-0.15, -0.1) is 0 Å². The highest BCUT2D eigenvalue weighted by Gasteiger charge is 2.44. The lowest BCUT2D eigenvalue weighted by Gasteiger charge is -2.27. The lowest BCUT2D eigenvalue weighted by atomic mass is 9.83. The molecule has 7 heteroatoms. The fraction of sp³-hybridized carbons (Fsp3) is 0.375. The van der Waals surface area contributed by atoms with E-state index in [2.05, 4.69) is 152 Å². The van der Waals surface area contributed by atoms with E-state index in [4.69, 9.17) is 4.74 Å². The zero-order valence-electron chi connectivity index (χ0n) is 36.8. The van der Waals surface area contributed by atoms with Crippen molar-refractivity contribution in [2.75, 3.05) is 89.9 Å². The minimum Gasteiger partial charge on any atom is -0.442 e. The molecule has 0 atom stereocenters. The Hall–Kier alpha value is -5.95. The van der Waals surface area contributed by atoms with Crippen molar-refractivity contribution in [1.82, 2.24) is 0 Å². The number of esters is 1. The van der Waals surface area contributed by atoms with E-state index in [9.17, 15) is 4.79 Å². The topological polar surface area (TPSA) is 42.5 Å². The van der Waals surface area contributed by atoms with E-state index >= 15 is 0 Å². The summed E-state index contributed by atoms with van der Waals surface area (Å²) < 4.78 is 6.96. The summed E-state index contributed by atoms with van der Waals surface area (Å²) in [6.07, 6.45) is 16.8. The number of hydrogen-bond acceptors (Lipinski definition) is 7. The van der Waals surface area contributed by atoms with Gasteiger partial charge in [-0.2, -0.15) is 0 Å². The molecule has 5 aromatic carbocycles. The van der Waals surface area contributed by atoms with E-state index in [1.807, 2.05) is 0 Å². The monoisotopic (exact) mass is 835 g/mol. The van der Waals surface area contributed by atoms with E-state index in [1.165, 1.54) is 87.0 Å². The fourth-order valence-electron chi connectivity index (χ4n) is 11.1. The number of anilines is 5. The molecule has 0 aromatic heterocycles. The van der Waals surface area contributed by atoms with Crippen LogP contribution in [-0.2, 0) is 10.3 Å². The second-order valence-corrected chi connectivity index (χ2v) is 18.7. The molecule has 6 aliphatic heterocycles. The van der Waals surface area contributed by atoms with Crippen LogP contribution in [0.1, 0.15) is 102 Å². The van der Waals surface area contributed by atoms with E-state index in [-0.39, 0.29) is 5.97 Å². The molecule has 11 rings (SSSR count). The molecule has 5 fully saturated rings. The Morgan fingerprint density at radius 2 is 0.651 bits per heavy atom. The standard InChI is InChI=1S/C56H61N5O2/c62-55-51-39-50(61-37-9-10-38-61)27-28-54(51)56(63-55,40-52(42-11-19-46(20-12-42)57-29-1-2-30-57)43-13-21-47(22-14-43)58-31-3-4-32-58)41-53(44-15-23-48(24-16-44)59-33-5-6-34-59)45-17-25-49(26-18-45)60-35-7-8-36-60/h11-28,39-41H,1-10,29-38H2. The zero-order valence-corrected chi connectivity index (χ0v) is 36.8. The molecule has 7 nitrogen and oxygen atoms in total. The van der Waals surface area contributed by atoms with Gasteiger partial charge in [0.25, 0.3) is 0 Å². The third-order valence-corrected chi connectivity index (χ3v) is 14.7. The van der Waals surface area contributed by atoms with Crippen molar-refractivity contribution in [1.29, 1.82) is 0 Å². The molecule has 0 N–H and O–H groups in total. The van der Waals surface area contributed by atoms with Gasteiger partial charge in [0.05, 0.1) is 5.56 Å². The van der Waals surface area contributed by atoms with Crippen molar-refractivity contribution in [2.24, 2.45) is 0 Å². The van der Waals surface area contributed by atoms with Gasteiger partial charge in [-0.25, -0.2) is 4.79 Å². The van der Waals surface area contributed by atoms with Gasteiger partial charge < -0.3 is 29.2 Å². The number of fused-ring (bicyclic) bond motifs is 1. The zero-order chi connectivity index (χ0) is 42.2. The molecule has 0 aliphatic carbocycles. The van der Waals surface area contributed by atoms with Gasteiger partial charge in [0.1, 0.15) is 0 Å². The molecule has 5 saturated heterocycles. The van der Waals surface area contributed by atoms with Crippen LogP contribution in [0.25, 0.3) is 11.1 Å². The van der Waals surface area contributed by atoms with Gasteiger partial charge in [-0.05, 0) is 170 Å². The third kappa shape index (κ3) is 8.00. The van der Waals surface area contributed by atoms with Gasteiger partial charge in [-0.3, -0.25) is 0 Å². The van der Waals surface area contributed by atoms with Crippen LogP contribution in [-0.4, -0.2) is 71.4 Å². The Bertz CT molecular complexity index is 2200. The number of hydrogen-bond donors (Lipinski definition) is 0. The van der Waals surface area contributed by atoms with E-state index < -0.39 is 5.60 Å². The Morgan fingerprint density at radius 1 is 0.381 bits per heavy atom. The van der Waals surface area contributed by atoms with Crippen LogP contribution in [0.5, 0.6) is 0 Å². The maximum absolute atomic E-state index is 14.6. The Morgan fingerprint density at radius 3 is 0.952 bits per heavy atom. The summed E-state index contributed by atoms with van der Waals surface area (Å²) in [5, 5.41) is 0. The van der Waals surface area contributed by atoms with Crippen LogP contribution in [0.2, 0.25) is 0 Å². The second-order valence-electron chi connectivity index (χ2n) is 18.7. The molecule has 0 amide bonds. The first-order chi connectivity index (χ1) is 31.1. The fourth-order valence-corrected chi connectivity index (χ4v) is 11.1. The van der Waals surface area contributed by atoms with Crippen LogP contribution in [0.15, 0.2) is 127 Å². The lowest BCUT2D eigenvalue weighted by molar-refractivity contribution is 0.0299. The highest BCUT2D eigenvalue weighted by molar-refractivity contribution is 5.99. The highest BCUT2D eigenvalue weighted by Crippen LogP contribution is 2.46. The first kappa shape index (κ1) is 39.9. The number of carbonyl (C=O) groups excluding carboxylic acids is 1. The molecule has 5 aromatic rings. The predicted octanol–water partition coefficient (Wildman–Crippen LogP) is 11.3. The number of cyclic esters (lactones) is 1. The largest absolute Gasteiger partial charge is 0.442 e. The van der Waals surface area contributed by atoms with Crippen LogP contribution in [0.4, 0.5) is 28.4 Å². The van der Waals surface area contributed by atoms with Gasteiger partial charge in [-0.1, -0.05) is 54.6 Å². The SMILES string of the molecule is O=C1OC(C=C(c2ccc(N3CCCC3)cc2)c2ccc(N3CCCC3)cc2)(C=C(c2ccc(N3CCCC3)cc2)c2ccc(N3CCCC3)cc2)c2ccc(N3CCCC3)cc21. The summed E-state index contributed by atoms with van der Waals surface area (Å²) in [6.45, 7) is 10.8. The maximum Gasteiger partial charge on any atom is 0.340 e. The van der Waals surface area contributed by atoms with Crippen molar-refractivity contribution in [3.8, 4) is 0 Å². The molecular weight excluding hydrogens is 775 g/mol. The summed E-state index contributed by atoms with van der Waals surface area (Å²) in [7, 11) is 0. The minimum atomic E-state index is -1.21. The molecular formula is C56H61N5O2. The summed E-state index contributed by atoms with van der Waals surface area (Å²) >= 11 is 0. The van der Waals surface area contributed by atoms with Gasteiger partial charge in [0.2, 0.25) is 0 Å². The molecule has 6 heterocycles. The highest BCUT2D eigenvalue weighted by atomic mass is 16.6. The molecule has 322 valence electrons. The van der Waals surface area contributed by atoms with Crippen molar-refractivity contribution >= 4 is 45.6 Å². The molecule has 0 bridgehead atoms. The summed E-state index contributed by atoms with van der Waals surface area (Å²) in [5.74, 6) is -0.278.